The van der Waals surface area contributed by atoms with Crippen molar-refractivity contribution in [2.75, 3.05) is 19.7 Å². The van der Waals surface area contributed by atoms with E-state index < -0.39 is 0 Å². The summed E-state index contributed by atoms with van der Waals surface area (Å²) in [7, 11) is 0. The van der Waals surface area contributed by atoms with Crippen molar-refractivity contribution >= 4 is 27.8 Å². The van der Waals surface area contributed by atoms with Gasteiger partial charge in [0, 0.05) is 37.2 Å². The van der Waals surface area contributed by atoms with Crippen LogP contribution in [0.3, 0.4) is 0 Å². The summed E-state index contributed by atoms with van der Waals surface area (Å²) in [5.41, 5.74) is 4.96. The number of hydrogen-bond acceptors (Lipinski definition) is 4. The number of thioether (sulfide) groups is 1. The topological polar surface area (TPSA) is 37.7 Å². The van der Waals surface area contributed by atoms with Crippen molar-refractivity contribution in [3.8, 4) is 0 Å². The molecular weight excluding hydrogens is 354 g/mol. The van der Waals surface area contributed by atoms with Crippen molar-refractivity contribution in [1.82, 2.24) is 9.88 Å². The molecular formula is C22H29N3OS. The smallest absolute Gasteiger partial charge is 0.165 e. The molecule has 2 aromatic rings. The molecule has 27 heavy (non-hydrogen) atoms. The third-order valence-electron chi connectivity index (χ3n) is 5.30. The van der Waals surface area contributed by atoms with Crippen LogP contribution in [-0.4, -0.2) is 40.9 Å². The quantitative estimate of drug-likeness (QED) is 0.749. The number of benzene rings is 1. The van der Waals surface area contributed by atoms with Gasteiger partial charge in [0.2, 0.25) is 0 Å². The van der Waals surface area contributed by atoms with Gasteiger partial charge in [0.1, 0.15) is 5.03 Å². The Balaban J connectivity index is 1.70. The monoisotopic (exact) mass is 383 g/mol. The standard InChI is InChI=1S/C22H29N3OS/c1-14(2)11-23-22-25(13-18-6-5-9-26-18)12-17-10-19-15(3)7-8-16(4)20(19)24-21(17)27-22/h7-8,10,14,18H,5-6,9,11-13H2,1-4H3. The Hall–Kier alpha value is -1.59. The van der Waals surface area contributed by atoms with Gasteiger partial charge in [-0.3, -0.25) is 4.99 Å². The van der Waals surface area contributed by atoms with Gasteiger partial charge in [0.15, 0.2) is 5.17 Å². The number of hydrogen-bond donors (Lipinski definition) is 0. The van der Waals surface area contributed by atoms with E-state index in [1.165, 1.54) is 28.5 Å². The molecule has 0 amide bonds. The first kappa shape index (κ1) is 18.8. The molecule has 1 aromatic heterocycles. The molecule has 1 fully saturated rings. The number of rotatable bonds is 4. The van der Waals surface area contributed by atoms with Gasteiger partial charge in [-0.15, -0.1) is 0 Å². The minimum Gasteiger partial charge on any atom is -0.376 e. The fourth-order valence-electron chi connectivity index (χ4n) is 3.75. The lowest BCUT2D eigenvalue weighted by Crippen LogP contribution is -2.38. The second-order valence-electron chi connectivity index (χ2n) is 8.18. The Labute approximate surface area is 166 Å². The van der Waals surface area contributed by atoms with Gasteiger partial charge in [-0.25, -0.2) is 4.98 Å². The molecule has 4 rings (SSSR count). The van der Waals surface area contributed by atoms with Gasteiger partial charge in [0.25, 0.3) is 0 Å². The van der Waals surface area contributed by atoms with E-state index in [1.54, 1.807) is 11.8 Å². The maximum Gasteiger partial charge on any atom is 0.165 e. The van der Waals surface area contributed by atoms with Crippen LogP contribution in [0.5, 0.6) is 0 Å². The van der Waals surface area contributed by atoms with E-state index in [1.807, 2.05) is 0 Å². The van der Waals surface area contributed by atoms with Crippen molar-refractivity contribution in [1.29, 1.82) is 0 Å². The van der Waals surface area contributed by atoms with Crippen LogP contribution < -0.4 is 0 Å². The largest absolute Gasteiger partial charge is 0.376 e. The maximum absolute atomic E-state index is 5.90. The van der Waals surface area contributed by atoms with E-state index in [0.29, 0.717) is 12.0 Å². The maximum atomic E-state index is 5.90. The lowest BCUT2D eigenvalue weighted by molar-refractivity contribution is 0.0902. The van der Waals surface area contributed by atoms with Gasteiger partial charge in [0.05, 0.1) is 11.6 Å². The van der Waals surface area contributed by atoms with Gasteiger partial charge in [-0.1, -0.05) is 26.0 Å². The predicted molar refractivity (Wildman–Crippen MR) is 114 cm³/mol. The molecule has 5 heteroatoms. The number of amidine groups is 1. The Kier molecular flexibility index (Phi) is 5.42. The summed E-state index contributed by atoms with van der Waals surface area (Å²) in [4.78, 5) is 12.4. The van der Waals surface area contributed by atoms with Crippen LogP contribution >= 0.6 is 11.8 Å². The first-order chi connectivity index (χ1) is 13.0. The van der Waals surface area contributed by atoms with Crippen molar-refractivity contribution in [3.05, 3.63) is 34.9 Å². The SMILES string of the molecule is Cc1ccc(C)c2nc3c(cc12)CN(CC1CCCO1)C(=NCC(C)C)S3. The highest BCUT2D eigenvalue weighted by Gasteiger charge is 2.28. The third-order valence-corrected chi connectivity index (χ3v) is 6.42. The highest BCUT2D eigenvalue weighted by Crippen LogP contribution is 2.35. The highest BCUT2D eigenvalue weighted by molar-refractivity contribution is 8.13. The number of aliphatic imine (C=N–C) groups is 1. The van der Waals surface area contributed by atoms with Gasteiger partial charge >= 0.3 is 0 Å². The molecule has 0 N–H and O–H groups in total. The van der Waals surface area contributed by atoms with Gasteiger partial charge in [-0.05, 0) is 61.6 Å². The van der Waals surface area contributed by atoms with E-state index in [4.69, 9.17) is 14.7 Å². The summed E-state index contributed by atoms with van der Waals surface area (Å²) in [5, 5.41) is 3.49. The van der Waals surface area contributed by atoms with Gasteiger partial charge in [-0.2, -0.15) is 0 Å². The zero-order chi connectivity index (χ0) is 19.0. The second kappa shape index (κ2) is 7.80. The summed E-state index contributed by atoms with van der Waals surface area (Å²) >= 11 is 1.73. The van der Waals surface area contributed by atoms with Crippen LogP contribution in [0.1, 0.15) is 43.4 Å². The molecule has 0 bridgehead atoms. The lowest BCUT2D eigenvalue weighted by atomic mass is 10.0. The normalized spacial score (nSPS) is 21.4. The van der Waals surface area contributed by atoms with Crippen molar-refractivity contribution < 1.29 is 4.74 Å². The van der Waals surface area contributed by atoms with E-state index in [0.717, 1.165) is 48.4 Å². The van der Waals surface area contributed by atoms with Crippen molar-refractivity contribution in [2.24, 2.45) is 10.9 Å². The Morgan fingerprint density at radius 3 is 2.85 bits per heavy atom. The second-order valence-corrected chi connectivity index (χ2v) is 9.14. The molecule has 4 nitrogen and oxygen atoms in total. The van der Waals surface area contributed by atoms with Crippen LogP contribution in [0.4, 0.5) is 0 Å². The average Bonchev–Trinajstić information content (AvgIpc) is 3.15. The fourth-order valence-corrected chi connectivity index (χ4v) is 4.73. The molecule has 1 unspecified atom stereocenters. The molecule has 1 saturated heterocycles. The zero-order valence-corrected chi connectivity index (χ0v) is 17.6. The molecule has 1 atom stereocenters. The Bertz CT molecular complexity index is 871. The number of fused-ring (bicyclic) bond motifs is 2. The number of aryl methyl sites for hydroxylation is 2. The van der Waals surface area contributed by atoms with E-state index >= 15 is 0 Å². The van der Waals surface area contributed by atoms with Gasteiger partial charge < -0.3 is 9.64 Å². The van der Waals surface area contributed by atoms with Crippen LogP contribution in [0, 0.1) is 19.8 Å². The number of nitrogens with zero attached hydrogens (tertiary/aromatic N) is 3. The number of aromatic nitrogens is 1. The fraction of sp³-hybridized carbons (Fsp3) is 0.545. The first-order valence-electron chi connectivity index (χ1n) is 10.00. The summed E-state index contributed by atoms with van der Waals surface area (Å²) in [6.45, 7) is 12.3. The minimum absolute atomic E-state index is 0.328. The molecule has 2 aliphatic heterocycles. The van der Waals surface area contributed by atoms with E-state index in [-0.39, 0.29) is 0 Å². The van der Waals surface area contributed by atoms with E-state index in [9.17, 15) is 0 Å². The summed E-state index contributed by atoms with van der Waals surface area (Å²) < 4.78 is 5.90. The number of ether oxygens (including phenoxy) is 1. The van der Waals surface area contributed by atoms with Crippen LogP contribution in [-0.2, 0) is 11.3 Å². The number of pyridine rings is 1. The van der Waals surface area contributed by atoms with Crippen molar-refractivity contribution in [3.63, 3.8) is 0 Å². The third kappa shape index (κ3) is 3.99. The molecule has 3 heterocycles. The Morgan fingerprint density at radius 2 is 2.11 bits per heavy atom. The van der Waals surface area contributed by atoms with Crippen molar-refractivity contribution in [2.45, 2.75) is 58.2 Å². The van der Waals surface area contributed by atoms with Crippen LogP contribution in [0.15, 0.2) is 28.2 Å². The molecule has 0 aliphatic carbocycles. The summed E-state index contributed by atoms with van der Waals surface area (Å²) in [6, 6.07) is 6.71. The molecule has 0 radical (unpaired) electrons. The lowest BCUT2D eigenvalue weighted by Gasteiger charge is -2.32. The average molecular weight is 384 g/mol. The minimum atomic E-state index is 0.328. The molecule has 2 aliphatic rings. The highest BCUT2D eigenvalue weighted by atomic mass is 32.2. The molecule has 0 spiro atoms. The Morgan fingerprint density at radius 1 is 1.30 bits per heavy atom. The van der Waals surface area contributed by atoms with E-state index in [2.05, 4.69) is 50.8 Å². The van der Waals surface area contributed by atoms with Crippen LogP contribution in [0.2, 0.25) is 0 Å². The molecule has 0 saturated carbocycles. The summed E-state index contributed by atoms with van der Waals surface area (Å²) in [5.74, 6) is 0.554. The predicted octanol–water partition coefficient (Wildman–Crippen LogP) is 4.95. The van der Waals surface area contributed by atoms with Crippen LogP contribution in [0.25, 0.3) is 10.9 Å². The zero-order valence-electron chi connectivity index (χ0n) is 16.8. The first-order valence-corrected chi connectivity index (χ1v) is 10.8. The molecule has 144 valence electrons. The molecule has 1 aromatic carbocycles. The summed E-state index contributed by atoms with van der Waals surface area (Å²) in [6.07, 6.45) is 2.65.